The molecular formula is C18H31N. The number of hydrogen-bond acceptors (Lipinski definition) is 1. The van der Waals surface area contributed by atoms with Gasteiger partial charge in [0.2, 0.25) is 0 Å². The van der Waals surface area contributed by atoms with Crippen LogP contribution >= 0.6 is 0 Å². The Hall–Kier alpha value is -0.0400. The van der Waals surface area contributed by atoms with Crippen LogP contribution in [-0.4, -0.2) is 13.1 Å². The van der Waals surface area contributed by atoms with Crippen molar-refractivity contribution < 1.29 is 0 Å². The van der Waals surface area contributed by atoms with Crippen molar-refractivity contribution in [3.8, 4) is 0 Å². The van der Waals surface area contributed by atoms with Crippen LogP contribution in [0.2, 0.25) is 0 Å². The Morgan fingerprint density at radius 1 is 1.00 bits per heavy atom. The van der Waals surface area contributed by atoms with Gasteiger partial charge in [0.05, 0.1) is 0 Å². The van der Waals surface area contributed by atoms with Crippen molar-refractivity contribution in [3.05, 3.63) is 0 Å². The molecule has 5 fully saturated rings. The van der Waals surface area contributed by atoms with Gasteiger partial charge in [0, 0.05) is 6.04 Å². The highest BCUT2D eigenvalue weighted by Crippen LogP contribution is 2.61. The molecule has 1 N–H and O–H groups in total. The molecule has 0 spiro atoms. The first-order chi connectivity index (χ1) is 9.25. The van der Waals surface area contributed by atoms with Crippen molar-refractivity contribution in [2.75, 3.05) is 7.05 Å². The first kappa shape index (κ1) is 12.7. The molecule has 0 aromatic heterocycles. The van der Waals surface area contributed by atoms with Crippen molar-refractivity contribution in [3.63, 3.8) is 0 Å². The van der Waals surface area contributed by atoms with Crippen LogP contribution in [0.3, 0.4) is 0 Å². The minimum Gasteiger partial charge on any atom is -0.317 e. The first-order valence-electron chi connectivity index (χ1n) is 8.92. The predicted octanol–water partition coefficient (Wildman–Crippen LogP) is 4.37. The van der Waals surface area contributed by atoms with Crippen molar-refractivity contribution in [2.24, 2.45) is 29.1 Å². The highest BCUT2D eigenvalue weighted by atomic mass is 14.9. The normalized spacial score (nSPS) is 45.6. The molecular weight excluding hydrogens is 230 g/mol. The molecule has 5 aliphatic carbocycles. The molecule has 0 aromatic carbocycles. The molecule has 1 heteroatoms. The van der Waals surface area contributed by atoms with Gasteiger partial charge in [-0.2, -0.15) is 0 Å². The SMILES string of the molecule is CNC(CCC1CC1)CC12CC3CC(CC(C3)C1)C2. The van der Waals surface area contributed by atoms with Gasteiger partial charge in [-0.3, -0.25) is 0 Å². The van der Waals surface area contributed by atoms with Gasteiger partial charge in [-0.05, 0) is 93.9 Å². The van der Waals surface area contributed by atoms with E-state index in [2.05, 4.69) is 12.4 Å². The van der Waals surface area contributed by atoms with E-state index in [0.717, 1.165) is 35.1 Å². The minimum absolute atomic E-state index is 0.770. The van der Waals surface area contributed by atoms with Crippen LogP contribution in [0.4, 0.5) is 0 Å². The quantitative estimate of drug-likeness (QED) is 0.748. The molecule has 5 saturated carbocycles. The van der Waals surface area contributed by atoms with E-state index in [-0.39, 0.29) is 0 Å². The van der Waals surface area contributed by atoms with Crippen molar-refractivity contribution in [2.45, 2.75) is 76.7 Å². The third-order valence-electron chi connectivity index (χ3n) is 6.87. The molecule has 0 saturated heterocycles. The van der Waals surface area contributed by atoms with Gasteiger partial charge in [0.15, 0.2) is 0 Å². The molecule has 1 unspecified atom stereocenters. The van der Waals surface area contributed by atoms with Crippen molar-refractivity contribution in [1.82, 2.24) is 5.32 Å². The van der Waals surface area contributed by atoms with Gasteiger partial charge in [0.1, 0.15) is 0 Å². The molecule has 5 rings (SSSR count). The van der Waals surface area contributed by atoms with Crippen LogP contribution < -0.4 is 5.32 Å². The average Bonchev–Trinajstić information content (AvgIpc) is 3.16. The fourth-order valence-corrected chi connectivity index (χ4v) is 6.25. The van der Waals surface area contributed by atoms with E-state index < -0.39 is 0 Å². The lowest BCUT2D eigenvalue weighted by Gasteiger charge is -2.57. The molecule has 108 valence electrons. The maximum absolute atomic E-state index is 3.66. The summed E-state index contributed by atoms with van der Waals surface area (Å²) in [6.45, 7) is 0. The molecule has 1 nitrogen and oxygen atoms in total. The molecule has 0 aromatic rings. The largest absolute Gasteiger partial charge is 0.317 e. The minimum atomic E-state index is 0.770. The summed E-state index contributed by atoms with van der Waals surface area (Å²) in [5.41, 5.74) is 0.770. The summed E-state index contributed by atoms with van der Waals surface area (Å²) >= 11 is 0. The summed E-state index contributed by atoms with van der Waals surface area (Å²) in [5.74, 6) is 4.46. The second-order valence-electron chi connectivity index (χ2n) is 8.63. The molecule has 1 atom stereocenters. The van der Waals surface area contributed by atoms with Crippen molar-refractivity contribution >= 4 is 0 Å². The molecule has 0 aliphatic heterocycles. The van der Waals surface area contributed by atoms with Crippen LogP contribution in [0.5, 0.6) is 0 Å². The second-order valence-corrected chi connectivity index (χ2v) is 8.63. The van der Waals surface area contributed by atoms with Gasteiger partial charge in [-0.1, -0.05) is 12.8 Å². The van der Waals surface area contributed by atoms with Crippen LogP contribution in [-0.2, 0) is 0 Å². The van der Waals surface area contributed by atoms with E-state index in [9.17, 15) is 0 Å². The van der Waals surface area contributed by atoms with Gasteiger partial charge >= 0.3 is 0 Å². The highest BCUT2D eigenvalue weighted by Gasteiger charge is 2.51. The topological polar surface area (TPSA) is 12.0 Å². The fraction of sp³-hybridized carbons (Fsp3) is 1.00. The second kappa shape index (κ2) is 4.76. The van der Waals surface area contributed by atoms with Gasteiger partial charge in [0.25, 0.3) is 0 Å². The smallest absolute Gasteiger partial charge is 0.00694 e. The Labute approximate surface area is 118 Å². The molecule has 0 heterocycles. The predicted molar refractivity (Wildman–Crippen MR) is 80.0 cm³/mol. The molecule has 0 radical (unpaired) electrons. The summed E-state index contributed by atoms with van der Waals surface area (Å²) < 4.78 is 0. The summed E-state index contributed by atoms with van der Waals surface area (Å²) in [6.07, 6.45) is 17.0. The first-order valence-corrected chi connectivity index (χ1v) is 8.92. The lowest BCUT2D eigenvalue weighted by Crippen LogP contribution is -2.48. The zero-order valence-corrected chi connectivity index (χ0v) is 12.7. The Balaban J connectivity index is 1.39. The van der Waals surface area contributed by atoms with E-state index in [4.69, 9.17) is 0 Å². The van der Waals surface area contributed by atoms with E-state index in [1.807, 2.05) is 0 Å². The summed E-state index contributed by atoms with van der Waals surface area (Å²) in [7, 11) is 2.21. The number of rotatable bonds is 6. The van der Waals surface area contributed by atoms with Gasteiger partial charge in [-0.25, -0.2) is 0 Å². The molecule has 4 bridgehead atoms. The van der Waals surface area contributed by atoms with Gasteiger partial charge < -0.3 is 5.32 Å². The van der Waals surface area contributed by atoms with Gasteiger partial charge in [-0.15, -0.1) is 0 Å². The summed E-state index contributed by atoms with van der Waals surface area (Å²) in [5, 5.41) is 3.66. The van der Waals surface area contributed by atoms with E-state index in [1.165, 1.54) is 32.1 Å². The van der Waals surface area contributed by atoms with Crippen LogP contribution in [0, 0.1) is 29.1 Å². The highest BCUT2D eigenvalue weighted by molar-refractivity contribution is 5.02. The number of nitrogens with one attached hydrogen (secondary N) is 1. The van der Waals surface area contributed by atoms with Crippen LogP contribution in [0.15, 0.2) is 0 Å². The van der Waals surface area contributed by atoms with Crippen molar-refractivity contribution in [1.29, 1.82) is 0 Å². The monoisotopic (exact) mass is 261 g/mol. The van der Waals surface area contributed by atoms with E-state index >= 15 is 0 Å². The Kier molecular flexibility index (Phi) is 3.17. The molecule has 19 heavy (non-hydrogen) atoms. The fourth-order valence-electron chi connectivity index (χ4n) is 6.25. The lowest BCUT2D eigenvalue weighted by molar-refractivity contribution is -0.0621. The maximum Gasteiger partial charge on any atom is 0.00694 e. The zero-order valence-electron chi connectivity index (χ0n) is 12.7. The number of hydrogen-bond donors (Lipinski definition) is 1. The molecule has 0 amide bonds. The Morgan fingerprint density at radius 3 is 2.05 bits per heavy atom. The Bertz CT molecular complexity index is 295. The van der Waals surface area contributed by atoms with Crippen LogP contribution in [0.1, 0.15) is 70.6 Å². The third-order valence-corrected chi connectivity index (χ3v) is 6.87. The third kappa shape index (κ3) is 2.60. The average molecular weight is 261 g/mol. The molecule has 5 aliphatic rings. The zero-order chi connectivity index (χ0) is 12.9. The Morgan fingerprint density at radius 2 is 1.58 bits per heavy atom. The lowest BCUT2D eigenvalue weighted by atomic mass is 9.48. The van der Waals surface area contributed by atoms with E-state index in [1.54, 1.807) is 38.5 Å². The summed E-state index contributed by atoms with van der Waals surface area (Å²) in [6, 6.07) is 0.817. The van der Waals surface area contributed by atoms with Crippen LogP contribution in [0.25, 0.3) is 0 Å². The maximum atomic E-state index is 3.66. The van der Waals surface area contributed by atoms with E-state index in [0.29, 0.717) is 0 Å². The summed E-state index contributed by atoms with van der Waals surface area (Å²) in [4.78, 5) is 0. The standard InChI is InChI=1S/C18H31N/c1-19-17(5-4-13-2-3-13)12-18-9-14-6-15(10-18)8-16(7-14)11-18/h13-17,19H,2-12H2,1H3.